The highest BCUT2D eigenvalue weighted by molar-refractivity contribution is 4.75. The molecule has 0 saturated carbocycles. The first-order chi connectivity index (χ1) is 5.79. The molecule has 2 atom stereocenters. The largest absolute Gasteiger partial charge is 0.349 e. The Balaban J connectivity index is 2.06. The number of epoxide rings is 1. The molecule has 0 radical (unpaired) electrons. The van der Waals surface area contributed by atoms with E-state index < -0.39 is 0 Å². The molecule has 0 amide bonds. The van der Waals surface area contributed by atoms with Gasteiger partial charge in [0.25, 0.3) is 0 Å². The SMILES string of the molecule is CCCOC1OC1N(C)CCC. The van der Waals surface area contributed by atoms with E-state index in [0.29, 0.717) is 0 Å². The Kier molecular flexibility index (Phi) is 3.98. The summed E-state index contributed by atoms with van der Waals surface area (Å²) in [5, 5.41) is 0. The van der Waals surface area contributed by atoms with Crippen LogP contribution in [0.2, 0.25) is 0 Å². The van der Waals surface area contributed by atoms with Crippen molar-refractivity contribution in [3.05, 3.63) is 0 Å². The van der Waals surface area contributed by atoms with E-state index in [1.165, 1.54) is 0 Å². The average Bonchev–Trinajstić information content (AvgIpc) is 2.80. The van der Waals surface area contributed by atoms with Crippen molar-refractivity contribution >= 4 is 0 Å². The molecule has 1 heterocycles. The van der Waals surface area contributed by atoms with Crippen LogP contribution >= 0.6 is 0 Å². The maximum absolute atomic E-state index is 5.42. The van der Waals surface area contributed by atoms with Crippen molar-refractivity contribution < 1.29 is 9.47 Å². The highest BCUT2D eigenvalue weighted by atomic mass is 16.8. The normalized spacial score (nSPS) is 28.0. The molecule has 1 aliphatic heterocycles. The van der Waals surface area contributed by atoms with Gasteiger partial charge in [-0.05, 0) is 19.9 Å². The summed E-state index contributed by atoms with van der Waals surface area (Å²) in [7, 11) is 2.07. The van der Waals surface area contributed by atoms with E-state index in [0.717, 1.165) is 26.0 Å². The van der Waals surface area contributed by atoms with Crippen molar-refractivity contribution in [3.63, 3.8) is 0 Å². The van der Waals surface area contributed by atoms with E-state index >= 15 is 0 Å². The first-order valence-corrected chi connectivity index (χ1v) is 4.76. The van der Waals surface area contributed by atoms with Crippen LogP contribution < -0.4 is 0 Å². The molecule has 2 unspecified atom stereocenters. The number of likely N-dealkylation sites (N-methyl/N-ethyl adjacent to an activating group) is 1. The standard InChI is InChI=1S/C9H19NO2/c1-4-6-10(3)8-9(12-8)11-7-5-2/h8-9H,4-7H2,1-3H3. The molecule has 3 nitrogen and oxygen atoms in total. The maximum Gasteiger partial charge on any atom is 0.199 e. The van der Waals surface area contributed by atoms with Gasteiger partial charge in [0.05, 0.1) is 0 Å². The van der Waals surface area contributed by atoms with Gasteiger partial charge in [0.15, 0.2) is 12.5 Å². The van der Waals surface area contributed by atoms with E-state index in [4.69, 9.17) is 9.47 Å². The lowest BCUT2D eigenvalue weighted by molar-refractivity contribution is 0.0506. The molecule has 1 aliphatic rings. The Morgan fingerprint density at radius 3 is 2.67 bits per heavy atom. The molecule has 12 heavy (non-hydrogen) atoms. The summed E-state index contributed by atoms with van der Waals surface area (Å²) >= 11 is 0. The van der Waals surface area contributed by atoms with Crippen LogP contribution in [0.25, 0.3) is 0 Å². The van der Waals surface area contributed by atoms with Crippen molar-refractivity contribution in [3.8, 4) is 0 Å². The monoisotopic (exact) mass is 173 g/mol. The minimum absolute atomic E-state index is 0.0431. The molecule has 0 aromatic rings. The van der Waals surface area contributed by atoms with Crippen molar-refractivity contribution in [2.24, 2.45) is 0 Å². The fraction of sp³-hybridized carbons (Fsp3) is 1.00. The zero-order valence-electron chi connectivity index (χ0n) is 8.25. The lowest BCUT2D eigenvalue weighted by atomic mass is 10.4. The van der Waals surface area contributed by atoms with Gasteiger partial charge in [-0.1, -0.05) is 13.8 Å². The van der Waals surface area contributed by atoms with Gasteiger partial charge in [-0.25, -0.2) is 0 Å². The highest BCUT2D eigenvalue weighted by Gasteiger charge is 2.42. The number of rotatable bonds is 6. The van der Waals surface area contributed by atoms with Gasteiger partial charge >= 0.3 is 0 Å². The Labute approximate surface area is 74.6 Å². The Morgan fingerprint density at radius 1 is 1.33 bits per heavy atom. The quantitative estimate of drug-likeness (QED) is 0.568. The highest BCUT2D eigenvalue weighted by Crippen LogP contribution is 2.25. The lowest BCUT2D eigenvalue weighted by Gasteiger charge is -2.11. The van der Waals surface area contributed by atoms with E-state index in [2.05, 4.69) is 25.8 Å². The molecule has 0 spiro atoms. The van der Waals surface area contributed by atoms with Crippen LogP contribution in [0.1, 0.15) is 26.7 Å². The zero-order valence-corrected chi connectivity index (χ0v) is 8.25. The van der Waals surface area contributed by atoms with Crippen LogP contribution in [0, 0.1) is 0 Å². The summed E-state index contributed by atoms with van der Waals surface area (Å²) in [4.78, 5) is 2.19. The third kappa shape index (κ3) is 2.73. The third-order valence-corrected chi connectivity index (χ3v) is 1.93. The molecular weight excluding hydrogens is 154 g/mol. The number of hydrogen-bond donors (Lipinski definition) is 0. The summed E-state index contributed by atoms with van der Waals surface area (Å²) in [6.07, 6.45) is 2.49. The van der Waals surface area contributed by atoms with Gasteiger partial charge in [-0.3, -0.25) is 4.90 Å². The smallest absolute Gasteiger partial charge is 0.199 e. The van der Waals surface area contributed by atoms with Crippen molar-refractivity contribution in [2.45, 2.75) is 39.2 Å². The van der Waals surface area contributed by atoms with Gasteiger partial charge < -0.3 is 9.47 Å². The Hall–Kier alpha value is -0.120. The lowest BCUT2D eigenvalue weighted by Crippen LogP contribution is -2.25. The second-order valence-corrected chi connectivity index (χ2v) is 3.25. The van der Waals surface area contributed by atoms with Crippen LogP contribution in [-0.2, 0) is 9.47 Å². The molecular formula is C9H19NO2. The second kappa shape index (κ2) is 4.80. The second-order valence-electron chi connectivity index (χ2n) is 3.25. The Bertz CT molecular complexity index is 130. The number of nitrogens with zero attached hydrogens (tertiary/aromatic N) is 1. The number of ether oxygens (including phenoxy) is 2. The molecule has 0 bridgehead atoms. The fourth-order valence-electron chi connectivity index (χ4n) is 1.24. The van der Waals surface area contributed by atoms with Gasteiger partial charge in [-0.2, -0.15) is 0 Å². The predicted octanol–water partition coefficient (Wildman–Crippen LogP) is 1.44. The molecule has 0 aliphatic carbocycles. The van der Waals surface area contributed by atoms with Crippen LogP contribution in [-0.4, -0.2) is 37.6 Å². The van der Waals surface area contributed by atoms with Crippen LogP contribution in [0.4, 0.5) is 0 Å². The van der Waals surface area contributed by atoms with E-state index in [1.807, 2.05) is 0 Å². The van der Waals surface area contributed by atoms with E-state index in [1.54, 1.807) is 0 Å². The van der Waals surface area contributed by atoms with Crippen LogP contribution in [0.3, 0.4) is 0 Å². The summed E-state index contributed by atoms with van der Waals surface area (Å²) < 4.78 is 10.8. The van der Waals surface area contributed by atoms with Crippen LogP contribution in [0.15, 0.2) is 0 Å². The van der Waals surface area contributed by atoms with E-state index in [9.17, 15) is 0 Å². The van der Waals surface area contributed by atoms with E-state index in [-0.39, 0.29) is 12.5 Å². The van der Waals surface area contributed by atoms with Gasteiger partial charge in [-0.15, -0.1) is 0 Å². The maximum atomic E-state index is 5.42. The van der Waals surface area contributed by atoms with Gasteiger partial charge in [0.2, 0.25) is 0 Å². The first kappa shape index (κ1) is 9.96. The summed E-state index contributed by atoms with van der Waals surface area (Å²) in [5.74, 6) is 0. The minimum Gasteiger partial charge on any atom is -0.349 e. The molecule has 0 aromatic heterocycles. The molecule has 1 saturated heterocycles. The molecule has 0 aromatic carbocycles. The van der Waals surface area contributed by atoms with Crippen molar-refractivity contribution in [2.75, 3.05) is 20.2 Å². The van der Waals surface area contributed by atoms with Gasteiger partial charge in [0, 0.05) is 13.2 Å². The summed E-state index contributed by atoms with van der Waals surface area (Å²) in [5.41, 5.74) is 0. The first-order valence-electron chi connectivity index (χ1n) is 4.76. The molecule has 72 valence electrons. The molecule has 3 heteroatoms. The topological polar surface area (TPSA) is 25.0 Å². The molecule has 1 fully saturated rings. The van der Waals surface area contributed by atoms with Crippen molar-refractivity contribution in [1.82, 2.24) is 4.90 Å². The minimum atomic E-state index is 0.0431. The Morgan fingerprint density at radius 2 is 2.08 bits per heavy atom. The average molecular weight is 173 g/mol. The van der Waals surface area contributed by atoms with Crippen molar-refractivity contribution in [1.29, 1.82) is 0 Å². The van der Waals surface area contributed by atoms with Crippen LogP contribution in [0.5, 0.6) is 0 Å². The molecule has 0 N–H and O–H groups in total. The third-order valence-electron chi connectivity index (χ3n) is 1.93. The fourth-order valence-corrected chi connectivity index (χ4v) is 1.24. The van der Waals surface area contributed by atoms with Gasteiger partial charge in [0.1, 0.15) is 0 Å². The zero-order chi connectivity index (χ0) is 8.97. The molecule has 1 rings (SSSR count). The summed E-state index contributed by atoms with van der Waals surface area (Å²) in [6, 6.07) is 0. The summed E-state index contributed by atoms with van der Waals surface area (Å²) in [6.45, 7) is 6.16. The number of hydrogen-bond acceptors (Lipinski definition) is 3. The predicted molar refractivity (Wildman–Crippen MR) is 47.8 cm³/mol.